The predicted molar refractivity (Wildman–Crippen MR) is 76.3 cm³/mol. The van der Waals surface area contributed by atoms with Crippen molar-refractivity contribution in [2.75, 3.05) is 7.11 Å². The Hall–Kier alpha value is -1.91. The van der Waals surface area contributed by atoms with Gasteiger partial charge in [0.2, 0.25) is 0 Å². The highest BCUT2D eigenvalue weighted by Crippen LogP contribution is 2.08. The molecule has 0 aliphatic heterocycles. The summed E-state index contributed by atoms with van der Waals surface area (Å²) in [5.74, 6) is -0.706. The Labute approximate surface area is 119 Å². The van der Waals surface area contributed by atoms with E-state index in [-0.39, 0.29) is 5.91 Å². The molecule has 0 aliphatic rings. The van der Waals surface area contributed by atoms with E-state index in [1.54, 1.807) is 18.3 Å². The number of pyridine rings is 1. The van der Waals surface area contributed by atoms with Crippen molar-refractivity contribution in [2.24, 2.45) is 0 Å². The van der Waals surface area contributed by atoms with E-state index >= 15 is 0 Å². The van der Waals surface area contributed by atoms with Crippen LogP contribution in [0.3, 0.4) is 0 Å². The fourth-order valence-corrected chi connectivity index (χ4v) is 1.91. The van der Waals surface area contributed by atoms with E-state index < -0.39 is 12.0 Å². The number of hydrogen-bond acceptors (Lipinski definition) is 4. The second-order valence-corrected chi connectivity index (χ2v) is 4.64. The molecule has 1 aromatic rings. The van der Waals surface area contributed by atoms with Gasteiger partial charge in [0.15, 0.2) is 0 Å². The number of nitrogens with zero attached hydrogens (tertiary/aromatic N) is 1. The molecule has 5 heteroatoms. The average molecular weight is 278 g/mol. The van der Waals surface area contributed by atoms with Crippen LogP contribution >= 0.6 is 0 Å². The number of amides is 1. The summed E-state index contributed by atoms with van der Waals surface area (Å²) in [7, 11) is 1.33. The fraction of sp³-hybridized carbons (Fsp3) is 0.533. The first-order chi connectivity index (χ1) is 9.69. The van der Waals surface area contributed by atoms with Crippen molar-refractivity contribution >= 4 is 11.9 Å². The van der Waals surface area contributed by atoms with Crippen molar-refractivity contribution in [3.63, 3.8) is 0 Å². The number of esters is 1. The highest BCUT2D eigenvalue weighted by molar-refractivity contribution is 5.96. The minimum Gasteiger partial charge on any atom is -0.467 e. The number of carbonyl (C=O) groups is 2. The molecule has 0 aromatic carbocycles. The summed E-state index contributed by atoms with van der Waals surface area (Å²) in [4.78, 5) is 27.6. The minimum atomic E-state index is -0.593. The summed E-state index contributed by atoms with van der Waals surface area (Å²) in [6.45, 7) is 2.13. The van der Waals surface area contributed by atoms with E-state index in [9.17, 15) is 9.59 Å². The lowest BCUT2D eigenvalue weighted by Crippen LogP contribution is -2.41. The van der Waals surface area contributed by atoms with Gasteiger partial charge >= 0.3 is 5.97 Å². The molecule has 0 bridgehead atoms. The van der Waals surface area contributed by atoms with E-state index in [1.807, 2.05) is 0 Å². The molecule has 1 atom stereocenters. The van der Waals surface area contributed by atoms with Crippen LogP contribution in [0.15, 0.2) is 24.5 Å². The van der Waals surface area contributed by atoms with Crippen LogP contribution in [-0.2, 0) is 9.53 Å². The van der Waals surface area contributed by atoms with E-state index in [0.29, 0.717) is 12.0 Å². The van der Waals surface area contributed by atoms with Crippen molar-refractivity contribution in [1.29, 1.82) is 0 Å². The average Bonchev–Trinajstić information content (AvgIpc) is 2.50. The van der Waals surface area contributed by atoms with Crippen molar-refractivity contribution in [1.82, 2.24) is 10.3 Å². The number of carbonyl (C=O) groups excluding carboxylic acids is 2. The van der Waals surface area contributed by atoms with Crippen LogP contribution < -0.4 is 5.32 Å². The molecule has 1 amide bonds. The second-order valence-electron chi connectivity index (χ2n) is 4.64. The number of methoxy groups -OCH3 is 1. The smallest absolute Gasteiger partial charge is 0.328 e. The van der Waals surface area contributed by atoms with Gasteiger partial charge in [-0.3, -0.25) is 9.78 Å². The maximum atomic E-state index is 12.0. The number of ether oxygens (including phenoxy) is 1. The van der Waals surface area contributed by atoms with Gasteiger partial charge in [-0.05, 0) is 18.6 Å². The van der Waals surface area contributed by atoms with Crippen LogP contribution in [0.5, 0.6) is 0 Å². The molecule has 0 unspecified atom stereocenters. The van der Waals surface area contributed by atoms with Gasteiger partial charge in [0.05, 0.1) is 12.7 Å². The van der Waals surface area contributed by atoms with Crippen LogP contribution in [0.25, 0.3) is 0 Å². The minimum absolute atomic E-state index is 0.302. The Kier molecular flexibility index (Phi) is 7.32. The van der Waals surface area contributed by atoms with Crippen molar-refractivity contribution in [2.45, 2.75) is 45.1 Å². The molecule has 0 fully saturated rings. The Morgan fingerprint density at radius 2 is 2.15 bits per heavy atom. The zero-order valence-corrected chi connectivity index (χ0v) is 12.1. The molecule has 1 N–H and O–H groups in total. The molecule has 110 valence electrons. The number of rotatable bonds is 8. The molecule has 20 heavy (non-hydrogen) atoms. The zero-order valence-electron chi connectivity index (χ0n) is 12.1. The molecule has 1 aromatic heterocycles. The van der Waals surface area contributed by atoms with E-state index in [2.05, 4.69) is 17.2 Å². The van der Waals surface area contributed by atoms with Gasteiger partial charge in [-0.1, -0.05) is 32.6 Å². The van der Waals surface area contributed by atoms with Gasteiger partial charge in [-0.2, -0.15) is 0 Å². The second kappa shape index (κ2) is 9.07. The summed E-state index contributed by atoms with van der Waals surface area (Å²) >= 11 is 0. The molecule has 0 radical (unpaired) electrons. The Balaban J connectivity index is 2.56. The first-order valence-electron chi connectivity index (χ1n) is 6.97. The van der Waals surface area contributed by atoms with Crippen molar-refractivity contribution in [3.05, 3.63) is 30.1 Å². The van der Waals surface area contributed by atoms with Gasteiger partial charge in [0, 0.05) is 12.4 Å². The quantitative estimate of drug-likeness (QED) is 0.585. The highest BCUT2D eigenvalue weighted by Gasteiger charge is 2.21. The first-order valence-corrected chi connectivity index (χ1v) is 6.97. The topological polar surface area (TPSA) is 68.3 Å². The molecular weight excluding hydrogens is 256 g/mol. The summed E-state index contributed by atoms with van der Waals surface area (Å²) < 4.78 is 4.74. The van der Waals surface area contributed by atoms with Crippen molar-refractivity contribution in [3.8, 4) is 0 Å². The Morgan fingerprint density at radius 3 is 2.75 bits per heavy atom. The first kappa shape index (κ1) is 16.1. The van der Waals surface area contributed by atoms with E-state index in [4.69, 9.17) is 4.74 Å². The summed E-state index contributed by atoms with van der Waals surface area (Å²) in [5, 5.41) is 2.71. The van der Waals surface area contributed by atoms with Crippen molar-refractivity contribution < 1.29 is 14.3 Å². The van der Waals surface area contributed by atoms with Gasteiger partial charge < -0.3 is 10.1 Å². The molecule has 1 rings (SSSR count). The monoisotopic (exact) mass is 278 g/mol. The molecule has 0 aliphatic carbocycles. The summed E-state index contributed by atoms with van der Waals surface area (Å²) in [5.41, 5.74) is 0.440. The molecular formula is C15H22N2O3. The molecule has 5 nitrogen and oxygen atoms in total. The molecule has 0 saturated carbocycles. The number of hydrogen-bond donors (Lipinski definition) is 1. The van der Waals surface area contributed by atoms with E-state index in [1.165, 1.54) is 13.3 Å². The lowest BCUT2D eigenvalue weighted by atomic mass is 10.1. The number of unbranched alkanes of at least 4 members (excludes halogenated alkanes) is 3. The molecule has 0 spiro atoms. The molecule has 1 heterocycles. The fourth-order valence-electron chi connectivity index (χ4n) is 1.91. The number of aromatic nitrogens is 1. The maximum absolute atomic E-state index is 12.0. The lowest BCUT2D eigenvalue weighted by molar-refractivity contribution is -0.143. The Morgan fingerprint density at radius 1 is 1.35 bits per heavy atom. The SMILES string of the molecule is CCCCCC[C@H](NC(=O)c1cccnc1)C(=O)OC. The van der Waals surface area contributed by atoms with Gasteiger partial charge in [-0.25, -0.2) is 4.79 Å². The molecule has 0 saturated heterocycles. The number of nitrogens with one attached hydrogen (secondary N) is 1. The largest absolute Gasteiger partial charge is 0.467 e. The lowest BCUT2D eigenvalue weighted by Gasteiger charge is -2.16. The third-order valence-electron chi connectivity index (χ3n) is 3.06. The van der Waals surface area contributed by atoms with Gasteiger partial charge in [0.25, 0.3) is 5.91 Å². The normalized spacial score (nSPS) is 11.7. The van der Waals surface area contributed by atoms with Gasteiger partial charge in [0.1, 0.15) is 6.04 Å². The maximum Gasteiger partial charge on any atom is 0.328 e. The van der Waals surface area contributed by atoms with Crippen LogP contribution in [0.1, 0.15) is 49.4 Å². The van der Waals surface area contributed by atoms with Crippen LogP contribution in [0.2, 0.25) is 0 Å². The highest BCUT2D eigenvalue weighted by atomic mass is 16.5. The van der Waals surface area contributed by atoms with Crippen LogP contribution in [-0.4, -0.2) is 30.0 Å². The summed E-state index contributed by atoms with van der Waals surface area (Å²) in [6.07, 6.45) is 7.86. The Bertz CT molecular complexity index is 420. The van der Waals surface area contributed by atoms with Crippen LogP contribution in [0.4, 0.5) is 0 Å². The standard InChI is InChI=1S/C15H22N2O3/c1-3-4-5-6-9-13(15(19)20-2)17-14(18)12-8-7-10-16-11-12/h7-8,10-11,13H,3-6,9H2,1-2H3,(H,17,18)/t13-/m0/s1. The third kappa shape index (κ3) is 5.38. The third-order valence-corrected chi connectivity index (χ3v) is 3.06. The van der Waals surface area contributed by atoms with E-state index in [0.717, 1.165) is 25.7 Å². The van der Waals surface area contributed by atoms with Crippen LogP contribution in [0, 0.1) is 0 Å². The zero-order chi connectivity index (χ0) is 14.8. The van der Waals surface area contributed by atoms with Gasteiger partial charge in [-0.15, -0.1) is 0 Å². The summed E-state index contributed by atoms with van der Waals surface area (Å²) in [6, 6.07) is 2.75. The predicted octanol–water partition coefficient (Wildman–Crippen LogP) is 2.32.